The molecule has 0 aromatic heterocycles. The Morgan fingerprint density at radius 1 is 0.861 bits per heavy atom. The molecule has 1 heterocycles. The van der Waals surface area contributed by atoms with Crippen LogP contribution in [-0.2, 0) is 17.9 Å². The molecule has 178 valence electrons. The number of hydrogen-bond donors (Lipinski definition) is 2. The van der Waals surface area contributed by atoms with Crippen molar-refractivity contribution < 1.29 is 24.2 Å². The fraction of sp³-hybridized carbons (Fsp3) is 0.0690. The molecule has 5 rings (SSSR count). The molecule has 0 unspecified atom stereocenters. The molecule has 0 saturated carbocycles. The number of carboxylic acids is 1. The Morgan fingerprint density at radius 2 is 1.58 bits per heavy atom. The highest BCUT2D eigenvalue weighted by atomic mass is 16.5. The van der Waals surface area contributed by atoms with Gasteiger partial charge in [-0.15, -0.1) is 0 Å². The van der Waals surface area contributed by atoms with Gasteiger partial charge >= 0.3 is 12.0 Å². The second-order valence-corrected chi connectivity index (χ2v) is 8.35. The van der Waals surface area contributed by atoms with Crippen molar-refractivity contribution in [3.8, 4) is 5.75 Å². The normalized spacial score (nSPS) is 14.3. The standard InChI is InChI=1S/C29H22N2O5/c32-27-25(30-29(35)31(27)17-19-6-2-1-3-7-19)16-24-23-9-5-4-8-21(23)14-15-26(24)36-18-20-10-12-22(13-11-20)28(33)34/h1-16H,17-18H2,(H,30,35)(H,33,34)/b25-16+. The summed E-state index contributed by atoms with van der Waals surface area (Å²) >= 11 is 0. The summed E-state index contributed by atoms with van der Waals surface area (Å²) < 4.78 is 6.10. The number of carbonyl (C=O) groups is 3. The SMILES string of the molecule is O=C(O)c1ccc(COc2ccc3ccccc3c2/C=C2/NC(=O)N(Cc3ccccc3)C2=O)cc1. The minimum atomic E-state index is -0.990. The number of carboxylic acid groups (broad SMARTS) is 1. The van der Waals surface area contributed by atoms with Gasteiger partial charge < -0.3 is 15.2 Å². The van der Waals surface area contributed by atoms with E-state index in [-0.39, 0.29) is 24.4 Å². The molecule has 7 heteroatoms. The lowest BCUT2D eigenvalue weighted by atomic mass is 10.0. The second kappa shape index (κ2) is 9.76. The van der Waals surface area contributed by atoms with Gasteiger partial charge in [0.2, 0.25) is 0 Å². The number of imide groups is 1. The quantitative estimate of drug-likeness (QED) is 0.281. The van der Waals surface area contributed by atoms with Gasteiger partial charge in [-0.3, -0.25) is 9.69 Å². The van der Waals surface area contributed by atoms with Gasteiger partial charge in [0.05, 0.1) is 12.1 Å². The third-order valence-corrected chi connectivity index (χ3v) is 5.96. The summed E-state index contributed by atoms with van der Waals surface area (Å²) in [6.07, 6.45) is 1.65. The summed E-state index contributed by atoms with van der Waals surface area (Å²) in [5.41, 5.74) is 2.69. The number of nitrogens with one attached hydrogen (secondary N) is 1. The number of nitrogens with zero attached hydrogens (tertiary/aromatic N) is 1. The van der Waals surface area contributed by atoms with Crippen molar-refractivity contribution >= 4 is 34.8 Å². The van der Waals surface area contributed by atoms with E-state index < -0.39 is 17.9 Å². The maximum atomic E-state index is 13.1. The maximum Gasteiger partial charge on any atom is 0.335 e. The Balaban J connectivity index is 1.45. The van der Waals surface area contributed by atoms with E-state index in [0.29, 0.717) is 11.3 Å². The average Bonchev–Trinajstić information content (AvgIpc) is 3.16. The van der Waals surface area contributed by atoms with E-state index >= 15 is 0 Å². The van der Waals surface area contributed by atoms with Crippen LogP contribution in [0.1, 0.15) is 27.0 Å². The summed E-state index contributed by atoms with van der Waals surface area (Å²) in [5, 5.41) is 13.6. The Bertz CT molecular complexity index is 1490. The van der Waals surface area contributed by atoms with Gasteiger partial charge in [0.1, 0.15) is 18.1 Å². The number of ether oxygens (including phenoxy) is 1. The summed E-state index contributed by atoms with van der Waals surface area (Å²) in [5.74, 6) is -0.866. The molecule has 0 spiro atoms. The van der Waals surface area contributed by atoms with Crippen molar-refractivity contribution in [1.82, 2.24) is 10.2 Å². The summed E-state index contributed by atoms with van der Waals surface area (Å²) in [6, 6.07) is 26.8. The zero-order chi connectivity index (χ0) is 25.1. The zero-order valence-electron chi connectivity index (χ0n) is 19.2. The number of carbonyl (C=O) groups excluding carboxylic acids is 2. The van der Waals surface area contributed by atoms with Crippen molar-refractivity contribution in [3.63, 3.8) is 0 Å². The monoisotopic (exact) mass is 478 g/mol. The molecular weight excluding hydrogens is 456 g/mol. The van der Waals surface area contributed by atoms with Crippen molar-refractivity contribution in [2.24, 2.45) is 0 Å². The predicted molar refractivity (Wildman–Crippen MR) is 135 cm³/mol. The predicted octanol–water partition coefficient (Wildman–Crippen LogP) is 5.21. The van der Waals surface area contributed by atoms with Crippen molar-refractivity contribution in [3.05, 3.63) is 119 Å². The number of hydrogen-bond acceptors (Lipinski definition) is 4. The highest BCUT2D eigenvalue weighted by Crippen LogP contribution is 2.32. The molecule has 4 aromatic carbocycles. The molecule has 7 nitrogen and oxygen atoms in total. The first kappa shape index (κ1) is 22.9. The molecule has 0 aliphatic carbocycles. The molecule has 1 saturated heterocycles. The van der Waals surface area contributed by atoms with Crippen LogP contribution in [0.25, 0.3) is 16.8 Å². The van der Waals surface area contributed by atoms with Crippen molar-refractivity contribution in [1.29, 1.82) is 0 Å². The lowest BCUT2D eigenvalue weighted by Gasteiger charge is -2.13. The molecule has 1 fully saturated rings. The van der Waals surface area contributed by atoms with Crippen LogP contribution in [0.5, 0.6) is 5.75 Å². The fourth-order valence-corrected chi connectivity index (χ4v) is 4.08. The van der Waals surface area contributed by atoms with Crippen LogP contribution in [0.4, 0.5) is 4.79 Å². The molecular formula is C29H22N2O5. The molecule has 1 aliphatic rings. The third-order valence-electron chi connectivity index (χ3n) is 5.96. The van der Waals surface area contributed by atoms with Crippen molar-refractivity contribution in [2.75, 3.05) is 0 Å². The van der Waals surface area contributed by atoms with Gasteiger partial charge in [0.25, 0.3) is 5.91 Å². The van der Waals surface area contributed by atoms with Crippen molar-refractivity contribution in [2.45, 2.75) is 13.2 Å². The van der Waals surface area contributed by atoms with E-state index in [1.807, 2.05) is 66.7 Å². The van der Waals surface area contributed by atoms with E-state index in [0.717, 1.165) is 21.9 Å². The number of aromatic carboxylic acids is 1. The summed E-state index contributed by atoms with van der Waals surface area (Å²) in [7, 11) is 0. The third kappa shape index (κ3) is 4.67. The van der Waals surface area contributed by atoms with Crippen LogP contribution >= 0.6 is 0 Å². The molecule has 3 amide bonds. The lowest BCUT2D eigenvalue weighted by molar-refractivity contribution is -0.123. The highest BCUT2D eigenvalue weighted by Gasteiger charge is 2.33. The highest BCUT2D eigenvalue weighted by molar-refractivity contribution is 6.14. The zero-order valence-corrected chi connectivity index (χ0v) is 19.2. The molecule has 0 radical (unpaired) electrons. The van der Waals surface area contributed by atoms with E-state index in [2.05, 4.69) is 5.32 Å². The minimum Gasteiger partial charge on any atom is -0.488 e. The van der Waals surface area contributed by atoms with Gasteiger partial charge in [-0.2, -0.15) is 0 Å². The Morgan fingerprint density at radius 3 is 2.33 bits per heavy atom. The number of rotatable bonds is 7. The molecule has 36 heavy (non-hydrogen) atoms. The lowest BCUT2D eigenvalue weighted by Crippen LogP contribution is -2.30. The molecule has 4 aromatic rings. The Kier molecular flexibility index (Phi) is 6.19. The van der Waals surface area contributed by atoms with Gasteiger partial charge in [-0.25, -0.2) is 9.59 Å². The molecule has 0 atom stereocenters. The Labute approximate surface area is 207 Å². The minimum absolute atomic E-state index is 0.169. The second-order valence-electron chi connectivity index (χ2n) is 8.35. The van der Waals surface area contributed by atoms with Crippen LogP contribution < -0.4 is 10.1 Å². The molecule has 1 aliphatic heterocycles. The first-order valence-electron chi connectivity index (χ1n) is 11.3. The molecule has 0 bridgehead atoms. The van der Waals surface area contributed by atoms with E-state index in [1.54, 1.807) is 18.2 Å². The number of amides is 3. The van der Waals surface area contributed by atoms with Crippen LogP contribution in [0.3, 0.4) is 0 Å². The number of benzene rings is 4. The van der Waals surface area contributed by atoms with Crippen LogP contribution in [0, 0.1) is 0 Å². The number of urea groups is 1. The molecule has 2 N–H and O–H groups in total. The Hall–Kier alpha value is -4.91. The van der Waals surface area contributed by atoms with Crippen LogP contribution in [-0.4, -0.2) is 27.9 Å². The van der Waals surface area contributed by atoms with E-state index in [1.165, 1.54) is 17.0 Å². The average molecular weight is 479 g/mol. The van der Waals surface area contributed by atoms with Gasteiger partial charge in [0.15, 0.2) is 0 Å². The van der Waals surface area contributed by atoms with Gasteiger partial charge in [-0.1, -0.05) is 72.8 Å². The number of fused-ring (bicyclic) bond motifs is 1. The van der Waals surface area contributed by atoms with Crippen LogP contribution in [0.15, 0.2) is 96.7 Å². The topological polar surface area (TPSA) is 95.9 Å². The van der Waals surface area contributed by atoms with Crippen LogP contribution in [0.2, 0.25) is 0 Å². The summed E-state index contributed by atoms with van der Waals surface area (Å²) in [4.78, 5) is 38.0. The summed E-state index contributed by atoms with van der Waals surface area (Å²) in [6.45, 7) is 0.378. The largest absolute Gasteiger partial charge is 0.488 e. The van der Waals surface area contributed by atoms with E-state index in [4.69, 9.17) is 9.84 Å². The first-order chi connectivity index (χ1) is 17.5. The smallest absolute Gasteiger partial charge is 0.335 e. The van der Waals surface area contributed by atoms with Gasteiger partial charge in [0, 0.05) is 5.56 Å². The first-order valence-corrected chi connectivity index (χ1v) is 11.3. The van der Waals surface area contributed by atoms with Gasteiger partial charge in [-0.05, 0) is 46.2 Å². The van der Waals surface area contributed by atoms with E-state index in [9.17, 15) is 14.4 Å². The maximum absolute atomic E-state index is 13.1. The fourth-order valence-electron chi connectivity index (χ4n) is 4.08.